The van der Waals surface area contributed by atoms with Crippen molar-refractivity contribution in [3.05, 3.63) is 16.3 Å². The molecular formula is C11H17NO3S2. The van der Waals surface area contributed by atoms with Crippen LogP contribution in [-0.2, 0) is 16.6 Å². The number of aliphatic hydroxyl groups excluding tert-OH is 1. The zero-order valence-corrected chi connectivity index (χ0v) is 11.4. The number of hydrogen-bond acceptors (Lipinski definition) is 4. The third-order valence-corrected chi connectivity index (χ3v) is 5.90. The molecule has 1 saturated carbocycles. The monoisotopic (exact) mass is 275 g/mol. The summed E-state index contributed by atoms with van der Waals surface area (Å²) in [6.07, 6.45) is 3.41. The van der Waals surface area contributed by atoms with E-state index in [9.17, 15) is 8.42 Å². The number of aliphatic hydroxyl groups is 1. The molecule has 2 rings (SSSR count). The van der Waals surface area contributed by atoms with Crippen molar-refractivity contribution in [1.29, 1.82) is 0 Å². The highest BCUT2D eigenvalue weighted by Gasteiger charge is 2.28. The maximum Gasteiger partial charge on any atom is 0.241 e. The van der Waals surface area contributed by atoms with Crippen molar-refractivity contribution in [2.45, 2.75) is 43.7 Å². The Labute approximate surface area is 106 Å². The third kappa shape index (κ3) is 2.88. The van der Waals surface area contributed by atoms with E-state index in [1.165, 1.54) is 23.8 Å². The number of thiophene rings is 1. The number of nitrogens with one attached hydrogen (secondary N) is 1. The molecule has 0 aliphatic heterocycles. The molecule has 1 aromatic rings. The van der Waals surface area contributed by atoms with Gasteiger partial charge in [-0.2, -0.15) is 0 Å². The molecule has 0 saturated heterocycles. The molecule has 96 valence electrons. The van der Waals surface area contributed by atoms with Crippen LogP contribution in [0.3, 0.4) is 0 Å². The van der Waals surface area contributed by atoms with Crippen LogP contribution in [0, 0.1) is 5.92 Å². The van der Waals surface area contributed by atoms with Crippen LogP contribution in [0.25, 0.3) is 0 Å². The van der Waals surface area contributed by atoms with E-state index in [0.717, 1.165) is 12.8 Å². The molecule has 4 nitrogen and oxygen atoms in total. The maximum atomic E-state index is 12.0. The summed E-state index contributed by atoms with van der Waals surface area (Å²) in [6, 6.07) is 1.52. The average Bonchev–Trinajstić information content (AvgIpc) is 2.62. The fourth-order valence-electron chi connectivity index (χ4n) is 1.93. The summed E-state index contributed by atoms with van der Waals surface area (Å²) >= 11 is 1.26. The van der Waals surface area contributed by atoms with Gasteiger partial charge in [0.15, 0.2) is 0 Å². The molecule has 1 unspecified atom stereocenters. The van der Waals surface area contributed by atoms with Crippen molar-refractivity contribution in [2.75, 3.05) is 0 Å². The van der Waals surface area contributed by atoms with Gasteiger partial charge in [0, 0.05) is 16.3 Å². The van der Waals surface area contributed by atoms with E-state index < -0.39 is 10.0 Å². The molecule has 1 atom stereocenters. The lowest BCUT2D eigenvalue weighted by molar-refractivity contribution is 0.260. The molecule has 17 heavy (non-hydrogen) atoms. The predicted octanol–water partition coefficient (Wildman–Crippen LogP) is 1.71. The van der Waals surface area contributed by atoms with Crippen LogP contribution in [0.15, 0.2) is 16.3 Å². The molecule has 1 aromatic heterocycles. The number of hydrogen-bond donors (Lipinski definition) is 2. The zero-order valence-electron chi connectivity index (χ0n) is 9.72. The van der Waals surface area contributed by atoms with Gasteiger partial charge in [-0.25, -0.2) is 13.1 Å². The Hall–Kier alpha value is -0.430. The van der Waals surface area contributed by atoms with Gasteiger partial charge >= 0.3 is 0 Å². The van der Waals surface area contributed by atoms with E-state index in [2.05, 4.69) is 4.72 Å². The van der Waals surface area contributed by atoms with Crippen LogP contribution >= 0.6 is 11.3 Å². The summed E-state index contributed by atoms with van der Waals surface area (Å²) in [4.78, 5) is 0.930. The second-order valence-corrected chi connectivity index (χ2v) is 7.22. The summed E-state index contributed by atoms with van der Waals surface area (Å²) in [6.45, 7) is 1.80. The van der Waals surface area contributed by atoms with Crippen LogP contribution in [0.1, 0.15) is 31.1 Å². The minimum atomic E-state index is -3.42. The molecule has 6 heteroatoms. The second kappa shape index (κ2) is 5.06. The van der Waals surface area contributed by atoms with Gasteiger partial charge in [0.05, 0.1) is 11.5 Å². The molecule has 1 aliphatic carbocycles. The van der Waals surface area contributed by atoms with Gasteiger partial charge in [0.1, 0.15) is 0 Å². The summed E-state index contributed by atoms with van der Waals surface area (Å²) in [5, 5.41) is 10.5. The van der Waals surface area contributed by atoms with E-state index in [-0.39, 0.29) is 17.5 Å². The van der Waals surface area contributed by atoms with Gasteiger partial charge in [-0.05, 0) is 31.7 Å². The third-order valence-electron chi connectivity index (χ3n) is 3.29. The van der Waals surface area contributed by atoms with E-state index in [4.69, 9.17) is 5.11 Å². The first-order valence-corrected chi connectivity index (χ1v) is 8.10. The molecular weight excluding hydrogens is 258 g/mol. The highest BCUT2D eigenvalue weighted by atomic mass is 32.2. The van der Waals surface area contributed by atoms with Gasteiger partial charge in [-0.15, -0.1) is 11.3 Å². The van der Waals surface area contributed by atoms with Crippen molar-refractivity contribution < 1.29 is 13.5 Å². The molecule has 0 amide bonds. The maximum absolute atomic E-state index is 12.0. The molecule has 0 bridgehead atoms. The first-order chi connectivity index (χ1) is 8.03. The molecule has 2 N–H and O–H groups in total. The van der Waals surface area contributed by atoms with Gasteiger partial charge < -0.3 is 5.11 Å². The van der Waals surface area contributed by atoms with Crippen LogP contribution in [0.4, 0.5) is 0 Å². The molecule has 0 spiro atoms. The van der Waals surface area contributed by atoms with Crippen molar-refractivity contribution in [2.24, 2.45) is 5.92 Å². The summed E-state index contributed by atoms with van der Waals surface area (Å²) in [5.41, 5.74) is 0. The lowest BCUT2D eigenvalue weighted by Crippen LogP contribution is -2.40. The van der Waals surface area contributed by atoms with Crippen LogP contribution in [-0.4, -0.2) is 19.6 Å². The predicted molar refractivity (Wildman–Crippen MR) is 67.4 cm³/mol. The van der Waals surface area contributed by atoms with Crippen LogP contribution in [0.2, 0.25) is 0 Å². The normalized spacial score (nSPS) is 18.9. The molecule has 0 radical (unpaired) electrons. The Bertz CT molecular complexity index is 477. The Morgan fingerprint density at radius 1 is 1.59 bits per heavy atom. The standard InChI is InChI=1S/C11H17NO3S2/c1-8(9-3-2-4-9)12-17(14,15)11-5-10(6-13)16-7-11/h5,7-9,12-13H,2-4,6H2,1H3. The van der Waals surface area contributed by atoms with E-state index >= 15 is 0 Å². The second-order valence-electron chi connectivity index (χ2n) is 4.51. The van der Waals surface area contributed by atoms with Gasteiger partial charge in [-0.1, -0.05) is 6.42 Å². The largest absolute Gasteiger partial charge is 0.391 e. The molecule has 1 heterocycles. The van der Waals surface area contributed by atoms with Crippen molar-refractivity contribution >= 4 is 21.4 Å². The van der Waals surface area contributed by atoms with Crippen LogP contribution < -0.4 is 4.72 Å². The van der Waals surface area contributed by atoms with E-state index in [0.29, 0.717) is 10.8 Å². The highest BCUT2D eigenvalue weighted by Crippen LogP contribution is 2.30. The van der Waals surface area contributed by atoms with Crippen molar-refractivity contribution in [1.82, 2.24) is 4.72 Å². The minimum absolute atomic E-state index is 0.00812. The highest BCUT2D eigenvalue weighted by molar-refractivity contribution is 7.89. The summed E-state index contributed by atoms with van der Waals surface area (Å²) < 4.78 is 26.8. The minimum Gasteiger partial charge on any atom is -0.391 e. The van der Waals surface area contributed by atoms with Gasteiger partial charge in [-0.3, -0.25) is 0 Å². The van der Waals surface area contributed by atoms with E-state index in [1.807, 2.05) is 6.92 Å². The Morgan fingerprint density at radius 3 is 2.76 bits per heavy atom. The number of sulfonamides is 1. The lowest BCUT2D eigenvalue weighted by atomic mass is 9.81. The first kappa shape index (κ1) is 13.0. The molecule has 1 fully saturated rings. The fourth-order valence-corrected chi connectivity index (χ4v) is 4.38. The molecule has 1 aliphatic rings. The smallest absolute Gasteiger partial charge is 0.241 e. The average molecular weight is 275 g/mol. The van der Waals surface area contributed by atoms with E-state index in [1.54, 1.807) is 5.38 Å². The van der Waals surface area contributed by atoms with Crippen LogP contribution in [0.5, 0.6) is 0 Å². The first-order valence-electron chi connectivity index (χ1n) is 5.73. The topological polar surface area (TPSA) is 66.4 Å². The molecule has 0 aromatic carbocycles. The lowest BCUT2D eigenvalue weighted by Gasteiger charge is -2.31. The van der Waals surface area contributed by atoms with Crippen molar-refractivity contribution in [3.63, 3.8) is 0 Å². The fraction of sp³-hybridized carbons (Fsp3) is 0.636. The Morgan fingerprint density at radius 2 is 2.29 bits per heavy atom. The summed E-state index contributed by atoms with van der Waals surface area (Å²) in [5.74, 6) is 0.473. The van der Waals surface area contributed by atoms with Crippen molar-refractivity contribution in [3.8, 4) is 0 Å². The number of rotatable bonds is 5. The SMILES string of the molecule is CC(NS(=O)(=O)c1csc(CO)c1)C1CCC1. The van der Waals surface area contributed by atoms with Gasteiger partial charge in [0.2, 0.25) is 10.0 Å². The van der Waals surface area contributed by atoms with Gasteiger partial charge in [0.25, 0.3) is 0 Å². The Kier molecular flexibility index (Phi) is 3.87. The summed E-state index contributed by atoms with van der Waals surface area (Å²) in [7, 11) is -3.42. The quantitative estimate of drug-likeness (QED) is 0.859. The zero-order chi connectivity index (χ0) is 12.5. The Balaban J connectivity index is 2.07.